The highest BCUT2D eigenvalue weighted by molar-refractivity contribution is 6.10. The maximum absolute atomic E-state index is 9.84. The van der Waals surface area contributed by atoms with Crippen LogP contribution in [0.25, 0.3) is 77.1 Å². The number of fused-ring (bicyclic) bond motifs is 13. The van der Waals surface area contributed by atoms with Crippen molar-refractivity contribution in [3.63, 3.8) is 0 Å². The molecule has 0 amide bonds. The van der Waals surface area contributed by atoms with Crippen molar-refractivity contribution >= 4 is 54.6 Å². The van der Waals surface area contributed by atoms with Crippen LogP contribution in [0.4, 0.5) is 0 Å². The Morgan fingerprint density at radius 1 is 0.589 bits per heavy atom. The second kappa shape index (κ2) is 13.8. The quantitative estimate of drug-likeness (QED) is 0.158. The van der Waals surface area contributed by atoms with E-state index in [1.807, 2.05) is 19.9 Å². The van der Waals surface area contributed by atoms with Crippen molar-refractivity contribution in [3.05, 3.63) is 155 Å². The lowest BCUT2D eigenvalue weighted by Crippen LogP contribution is -2.10. The van der Waals surface area contributed by atoms with Crippen LogP contribution in [0.15, 0.2) is 137 Å². The van der Waals surface area contributed by atoms with Crippen molar-refractivity contribution in [2.45, 2.75) is 71.6 Å². The summed E-state index contributed by atoms with van der Waals surface area (Å²) in [5.41, 5.74) is 16.5. The van der Waals surface area contributed by atoms with Crippen LogP contribution in [0, 0.1) is 11.3 Å². The van der Waals surface area contributed by atoms with Crippen LogP contribution >= 0.6 is 0 Å². The zero-order chi connectivity index (χ0) is 37.9. The second-order valence-corrected chi connectivity index (χ2v) is 15.5. The number of nitriles is 1. The fourth-order valence-electron chi connectivity index (χ4n) is 9.73. The molecule has 8 bridgehead atoms. The number of hydrogen-bond donors (Lipinski definition) is 0. The molecule has 56 heavy (non-hydrogen) atoms. The van der Waals surface area contributed by atoms with E-state index in [9.17, 15) is 5.26 Å². The molecule has 1 unspecified atom stereocenters. The molecule has 1 aliphatic heterocycles. The molecular weight excluding hydrogens is 683 g/mol. The van der Waals surface area contributed by atoms with Gasteiger partial charge >= 0.3 is 0 Å². The van der Waals surface area contributed by atoms with Crippen LogP contribution < -0.4 is 0 Å². The third-order valence-corrected chi connectivity index (χ3v) is 12.1. The standard InChI is InChI=1S/C50H39N3O.C2H6/c1-31-22-32-10-4-2-3-5-11-33-23-36(27-38(24-33)53-44-14-8-6-12-39(44)40-13-7-9-15-45(40)53)35-17-20-48-41(28-35)42-29-37(18-21-49(42)54-48)52-46-19-16-34(30-51)25-43(46)50(31)47(52)26-32;1-2/h6-9,12-25,27-29,31H,2-5,10-11,26H2,1H3;1-2H3. The monoisotopic (exact) mass is 727 g/mol. The van der Waals surface area contributed by atoms with Gasteiger partial charge < -0.3 is 13.6 Å². The number of aryl methyl sites for hydroxylation is 1. The van der Waals surface area contributed by atoms with E-state index in [2.05, 4.69) is 143 Å². The molecule has 4 nitrogen and oxygen atoms in total. The van der Waals surface area contributed by atoms with E-state index in [4.69, 9.17) is 4.42 Å². The summed E-state index contributed by atoms with van der Waals surface area (Å²) in [5, 5.41) is 15.8. The van der Waals surface area contributed by atoms with E-state index in [-0.39, 0.29) is 5.92 Å². The summed E-state index contributed by atoms with van der Waals surface area (Å²) in [6.45, 7) is 6.33. The third kappa shape index (κ3) is 5.48. The normalized spacial score (nSPS) is 15.5. The van der Waals surface area contributed by atoms with Crippen molar-refractivity contribution in [2.75, 3.05) is 0 Å². The molecule has 0 saturated heterocycles. The second-order valence-electron chi connectivity index (χ2n) is 15.5. The lowest BCUT2D eigenvalue weighted by molar-refractivity contribution is 0.629. The van der Waals surface area contributed by atoms with Crippen molar-refractivity contribution in [3.8, 4) is 28.6 Å². The summed E-state index contributed by atoms with van der Waals surface area (Å²) >= 11 is 0. The number of furan rings is 1. The molecule has 0 saturated carbocycles. The van der Waals surface area contributed by atoms with Gasteiger partial charge in [-0.25, -0.2) is 0 Å². The molecule has 3 aromatic heterocycles. The van der Waals surface area contributed by atoms with Gasteiger partial charge in [0.1, 0.15) is 11.2 Å². The predicted octanol–water partition coefficient (Wildman–Crippen LogP) is 14.3. The maximum Gasteiger partial charge on any atom is 0.135 e. The molecule has 11 rings (SSSR count). The van der Waals surface area contributed by atoms with Crippen molar-refractivity contribution in [1.29, 1.82) is 5.26 Å². The molecule has 9 aromatic rings. The zero-order valence-electron chi connectivity index (χ0n) is 32.4. The number of aromatic nitrogens is 2. The highest BCUT2D eigenvalue weighted by Gasteiger charge is 2.27. The van der Waals surface area contributed by atoms with E-state index >= 15 is 0 Å². The minimum Gasteiger partial charge on any atom is -0.456 e. The van der Waals surface area contributed by atoms with Gasteiger partial charge in [0, 0.05) is 56.3 Å². The number of hydrogen-bond acceptors (Lipinski definition) is 2. The summed E-state index contributed by atoms with van der Waals surface area (Å²) in [4.78, 5) is 0. The fourth-order valence-corrected chi connectivity index (χ4v) is 9.73. The first-order valence-corrected chi connectivity index (χ1v) is 20.5. The van der Waals surface area contributed by atoms with Crippen LogP contribution in [0.5, 0.6) is 0 Å². The molecule has 2 aliphatic rings. The molecule has 4 heterocycles. The molecule has 0 spiro atoms. The van der Waals surface area contributed by atoms with Gasteiger partial charge in [0.2, 0.25) is 0 Å². The molecule has 1 atom stereocenters. The van der Waals surface area contributed by atoms with Crippen molar-refractivity contribution < 1.29 is 4.42 Å². The third-order valence-electron chi connectivity index (χ3n) is 12.1. The summed E-state index contributed by atoms with van der Waals surface area (Å²) in [5.74, 6) is 0.284. The smallest absolute Gasteiger partial charge is 0.135 e. The van der Waals surface area contributed by atoms with Crippen LogP contribution in [0.3, 0.4) is 0 Å². The maximum atomic E-state index is 9.84. The number of allylic oxidation sites excluding steroid dienone is 2. The number of nitrogens with zero attached hydrogens (tertiary/aromatic N) is 3. The molecule has 0 N–H and O–H groups in total. The summed E-state index contributed by atoms with van der Waals surface area (Å²) < 4.78 is 11.4. The van der Waals surface area contributed by atoms with Gasteiger partial charge in [-0.2, -0.15) is 5.26 Å². The van der Waals surface area contributed by atoms with Crippen LogP contribution in [0.2, 0.25) is 0 Å². The van der Waals surface area contributed by atoms with Crippen LogP contribution in [-0.2, 0) is 12.8 Å². The molecule has 0 fully saturated rings. The molecule has 0 radical (unpaired) electrons. The Morgan fingerprint density at radius 3 is 2.05 bits per heavy atom. The Hall–Kier alpha value is -6.31. The fraction of sp³-hybridized carbons (Fsp3) is 0.212. The Bertz CT molecular complexity index is 3010. The lowest BCUT2D eigenvalue weighted by Gasteiger charge is -2.22. The van der Waals surface area contributed by atoms with E-state index < -0.39 is 0 Å². The Morgan fingerprint density at radius 2 is 1.29 bits per heavy atom. The Kier molecular flexibility index (Phi) is 8.41. The zero-order valence-corrected chi connectivity index (χ0v) is 32.4. The van der Waals surface area contributed by atoms with Gasteiger partial charge in [-0.05, 0) is 121 Å². The first kappa shape index (κ1) is 34.2. The largest absolute Gasteiger partial charge is 0.456 e. The molecule has 274 valence electrons. The van der Waals surface area contributed by atoms with E-state index in [1.54, 1.807) is 0 Å². The Balaban J connectivity index is 0.00000189. The minimum atomic E-state index is 0.284. The highest BCUT2D eigenvalue weighted by atomic mass is 16.3. The van der Waals surface area contributed by atoms with Crippen molar-refractivity contribution in [1.82, 2.24) is 9.13 Å². The molecule has 1 aliphatic carbocycles. The SMILES string of the molecule is CC.CC1C=C2CCCCCCc3cc(cc(-n4c5ccccc5c5ccccc54)c3)-c3ccc4oc5ccc(cc5c4c3)-n3c(c1c1cc(C#N)ccc13)C2. The summed E-state index contributed by atoms with van der Waals surface area (Å²) in [6, 6.07) is 46.8. The van der Waals surface area contributed by atoms with Gasteiger partial charge in [0.15, 0.2) is 0 Å². The van der Waals surface area contributed by atoms with Gasteiger partial charge in [0.05, 0.1) is 28.2 Å². The first-order chi connectivity index (χ1) is 27.6. The van der Waals surface area contributed by atoms with Crippen molar-refractivity contribution in [2.24, 2.45) is 0 Å². The molecule has 4 heteroatoms. The number of para-hydroxylation sites is 2. The average Bonchev–Trinajstić information content (AvgIpc) is 3.89. The predicted molar refractivity (Wildman–Crippen MR) is 233 cm³/mol. The number of rotatable bonds is 1. The topological polar surface area (TPSA) is 46.8 Å². The molecule has 6 aromatic carbocycles. The van der Waals surface area contributed by atoms with E-state index in [0.29, 0.717) is 5.56 Å². The Labute approximate surface area is 327 Å². The lowest BCUT2D eigenvalue weighted by atomic mass is 9.85. The van der Waals surface area contributed by atoms with Crippen LogP contribution in [-0.4, -0.2) is 9.13 Å². The summed E-state index contributed by atoms with van der Waals surface area (Å²) in [7, 11) is 0. The van der Waals surface area contributed by atoms with Crippen LogP contribution in [0.1, 0.15) is 81.2 Å². The first-order valence-electron chi connectivity index (χ1n) is 20.5. The summed E-state index contributed by atoms with van der Waals surface area (Å²) in [6.07, 6.45) is 10.4. The van der Waals surface area contributed by atoms with Gasteiger partial charge in [-0.3, -0.25) is 0 Å². The molecular formula is C52H45N3O. The minimum absolute atomic E-state index is 0.284. The number of benzene rings is 6. The highest BCUT2D eigenvalue weighted by Crippen LogP contribution is 2.43. The van der Waals surface area contributed by atoms with Gasteiger partial charge in [-0.1, -0.05) is 93.8 Å². The average molecular weight is 728 g/mol. The van der Waals surface area contributed by atoms with E-state index in [0.717, 1.165) is 52.4 Å². The van der Waals surface area contributed by atoms with Gasteiger partial charge in [0.25, 0.3) is 0 Å². The van der Waals surface area contributed by atoms with Gasteiger partial charge in [-0.15, -0.1) is 0 Å². The van der Waals surface area contributed by atoms with E-state index in [1.165, 1.54) is 92.1 Å².